The molecule has 1 heterocycles. The molecule has 3 aromatic rings. The zero-order valence-electron chi connectivity index (χ0n) is 14.0. The molecule has 0 aliphatic heterocycles. The number of hydrogen-bond acceptors (Lipinski definition) is 4. The Morgan fingerprint density at radius 3 is 2.35 bits per heavy atom. The van der Waals surface area contributed by atoms with E-state index < -0.39 is 4.92 Å². The predicted molar refractivity (Wildman–Crippen MR) is 97.8 cm³/mol. The molecule has 0 spiro atoms. The minimum Gasteiger partial charge on any atom is -0.303 e. The summed E-state index contributed by atoms with van der Waals surface area (Å²) in [5, 5.41) is 20.1. The SMILES string of the molecule is Cc1cc(-c2ccccc2)n(Cc2ccc([N+](=O)[O-])cc2)c(=O)c1C#N. The number of pyridine rings is 1. The van der Waals surface area contributed by atoms with Gasteiger partial charge in [0.2, 0.25) is 0 Å². The molecule has 0 bridgehead atoms. The Hall–Kier alpha value is -3.72. The zero-order valence-corrected chi connectivity index (χ0v) is 14.0. The van der Waals surface area contributed by atoms with Crippen LogP contribution in [0.5, 0.6) is 0 Å². The largest absolute Gasteiger partial charge is 0.303 e. The lowest BCUT2D eigenvalue weighted by molar-refractivity contribution is -0.384. The number of nitro groups is 1. The van der Waals surface area contributed by atoms with Crippen LogP contribution in [-0.4, -0.2) is 9.49 Å². The van der Waals surface area contributed by atoms with Crippen molar-refractivity contribution in [2.75, 3.05) is 0 Å². The van der Waals surface area contributed by atoms with Crippen LogP contribution in [0.1, 0.15) is 16.7 Å². The molecule has 6 heteroatoms. The molecule has 0 fully saturated rings. The maximum atomic E-state index is 12.8. The average molecular weight is 345 g/mol. The molecule has 0 atom stereocenters. The highest BCUT2D eigenvalue weighted by Crippen LogP contribution is 2.22. The van der Waals surface area contributed by atoms with Crippen LogP contribution in [0.4, 0.5) is 5.69 Å². The van der Waals surface area contributed by atoms with E-state index in [9.17, 15) is 20.2 Å². The summed E-state index contributed by atoms with van der Waals surface area (Å²) < 4.78 is 1.53. The second-order valence-electron chi connectivity index (χ2n) is 5.88. The van der Waals surface area contributed by atoms with Crippen LogP contribution in [-0.2, 0) is 6.54 Å². The third-order valence-electron chi connectivity index (χ3n) is 4.17. The van der Waals surface area contributed by atoms with Crippen molar-refractivity contribution in [1.82, 2.24) is 4.57 Å². The Balaban J connectivity index is 2.14. The normalized spacial score (nSPS) is 10.3. The second kappa shape index (κ2) is 7.03. The lowest BCUT2D eigenvalue weighted by Gasteiger charge is -2.15. The quantitative estimate of drug-likeness (QED) is 0.533. The predicted octanol–water partition coefficient (Wildman–Crippen LogP) is 3.65. The molecule has 128 valence electrons. The van der Waals surface area contributed by atoms with E-state index in [0.29, 0.717) is 11.3 Å². The number of nitrogens with zero attached hydrogens (tertiary/aromatic N) is 3. The van der Waals surface area contributed by atoms with Gasteiger partial charge in [0, 0.05) is 12.1 Å². The molecule has 0 N–H and O–H groups in total. The lowest BCUT2D eigenvalue weighted by Crippen LogP contribution is -2.25. The van der Waals surface area contributed by atoms with Crippen molar-refractivity contribution >= 4 is 5.69 Å². The van der Waals surface area contributed by atoms with Crippen LogP contribution in [0.2, 0.25) is 0 Å². The third kappa shape index (κ3) is 3.23. The van der Waals surface area contributed by atoms with Crippen LogP contribution < -0.4 is 5.56 Å². The highest BCUT2D eigenvalue weighted by Gasteiger charge is 2.14. The van der Waals surface area contributed by atoms with Crippen molar-refractivity contribution in [3.63, 3.8) is 0 Å². The summed E-state index contributed by atoms with van der Waals surface area (Å²) in [5.74, 6) is 0. The smallest absolute Gasteiger partial charge is 0.269 e. The monoisotopic (exact) mass is 345 g/mol. The molecule has 0 aliphatic carbocycles. The Bertz CT molecular complexity index is 1060. The van der Waals surface area contributed by atoms with Crippen LogP contribution in [0.3, 0.4) is 0 Å². The van der Waals surface area contributed by atoms with Gasteiger partial charge in [0.1, 0.15) is 11.6 Å². The van der Waals surface area contributed by atoms with Crippen molar-refractivity contribution in [1.29, 1.82) is 5.26 Å². The van der Waals surface area contributed by atoms with E-state index in [1.165, 1.54) is 16.7 Å². The van der Waals surface area contributed by atoms with Gasteiger partial charge in [0.15, 0.2) is 0 Å². The maximum absolute atomic E-state index is 12.8. The number of rotatable bonds is 4. The molecule has 0 saturated heterocycles. The van der Waals surface area contributed by atoms with Gasteiger partial charge < -0.3 is 4.57 Å². The van der Waals surface area contributed by atoms with E-state index in [-0.39, 0.29) is 23.4 Å². The van der Waals surface area contributed by atoms with Gasteiger partial charge in [0.05, 0.1) is 17.2 Å². The molecule has 3 rings (SSSR count). The van der Waals surface area contributed by atoms with Gasteiger partial charge in [-0.15, -0.1) is 0 Å². The fourth-order valence-electron chi connectivity index (χ4n) is 2.81. The number of hydrogen-bond donors (Lipinski definition) is 0. The first-order chi connectivity index (χ1) is 12.5. The number of nitriles is 1. The van der Waals surface area contributed by atoms with E-state index in [0.717, 1.165) is 11.1 Å². The molecule has 0 radical (unpaired) electrons. The van der Waals surface area contributed by atoms with Crippen molar-refractivity contribution in [2.24, 2.45) is 0 Å². The van der Waals surface area contributed by atoms with Crippen LogP contribution >= 0.6 is 0 Å². The fourth-order valence-corrected chi connectivity index (χ4v) is 2.81. The van der Waals surface area contributed by atoms with E-state index >= 15 is 0 Å². The topological polar surface area (TPSA) is 88.9 Å². The highest BCUT2D eigenvalue weighted by atomic mass is 16.6. The number of aromatic nitrogens is 1. The van der Waals surface area contributed by atoms with Crippen LogP contribution in [0.15, 0.2) is 65.5 Å². The first kappa shape index (κ1) is 17.1. The molecule has 0 amide bonds. The molecule has 2 aromatic carbocycles. The number of benzene rings is 2. The number of non-ortho nitro benzene ring substituents is 1. The molecule has 26 heavy (non-hydrogen) atoms. The van der Waals surface area contributed by atoms with Gasteiger partial charge >= 0.3 is 0 Å². The van der Waals surface area contributed by atoms with Crippen molar-refractivity contribution in [2.45, 2.75) is 13.5 Å². The molecule has 6 nitrogen and oxygen atoms in total. The molecule has 0 unspecified atom stereocenters. The van der Waals surface area contributed by atoms with Crippen LogP contribution in [0, 0.1) is 28.4 Å². The number of aryl methyl sites for hydroxylation is 1. The molecule has 0 aliphatic rings. The standard InChI is InChI=1S/C20H15N3O3/c1-14-11-19(16-5-3-2-4-6-16)22(20(24)18(14)12-21)13-15-7-9-17(10-8-15)23(25)26/h2-11H,13H2,1H3. The van der Waals surface area contributed by atoms with E-state index in [1.807, 2.05) is 42.5 Å². The summed E-state index contributed by atoms with van der Waals surface area (Å²) in [6, 6.07) is 19.3. The number of nitro benzene ring substituents is 1. The minimum atomic E-state index is -0.467. The second-order valence-corrected chi connectivity index (χ2v) is 5.88. The summed E-state index contributed by atoms with van der Waals surface area (Å²) >= 11 is 0. The van der Waals surface area contributed by atoms with Gasteiger partial charge in [-0.1, -0.05) is 42.5 Å². The molecular formula is C20H15N3O3. The van der Waals surface area contributed by atoms with Crippen molar-refractivity contribution < 1.29 is 4.92 Å². The molecule has 0 saturated carbocycles. The van der Waals surface area contributed by atoms with Gasteiger partial charge in [-0.05, 0) is 29.7 Å². The molecule has 1 aromatic heterocycles. The van der Waals surface area contributed by atoms with E-state index in [1.54, 1.807) is 19.1 Å². The summed E-state index contributed by atoms with van der Waals surface area (Å²) in [6.07, 6.45) is 0. The van der Waals surface area contributed by atoms with E-state index in [4.69, 9.17) is 0 Å². The third-order valence-corrected chi connectivity index (χ3v) is 4.17. The van der Waals surface area contributed by atoms with Gasteiger partial charge in [-0.25, -0.2) is 0 Å². The van der Waals surface area contributed by atoms with Crippen molar-refractivity contribution in [3.05, 3.63) is 97.8 Å². The Morgan fingerprint density at radius 1 is 1.12 bits per heavy atom. The highest BCUT2D eigenvalue weighted by molar-refractivity contribution is 5.62. The summed E-state index contributed by atoms with van der Waals surface area (Å²) in [5.41, 5.74) is 2.64. The summed E-state index contributed by atoms with van der Waals surface area (Å²) in [7, 11) is 0. The fraction of sp³-hybridized carbons (Fsp3) is 0.100. The van der Waals surface area contributed by atoms with Crippen LogP contribution in [0.25, 0.3) is 11.3 Å². The average Bonchev–Trinajstić information content (AvgIpc) is 2.65. The van der Waals surface area contributed by atoms with Gasteiger partial charge in [-0.3, -0.25) is 14.9 Å². The Kier molecular flexibility index (Phi) is 4.63. The molecular weight excluding hydrogens is 330 g/mol. The summed E-state index contributed by atoms with van der Waals surface area (Å²) in [4.78, 5) is 23.2. The first-order valence-corrected chi connectivity index (χ1v) is 7.94. The maximum Gasteiger partial charge on any atom is 0.269 e. The minimum absolute atomic E-state index is 0.00833. The van der Waals surface area contributed by atoms with Gasteiger partial charge in [-0.2, -0.15) is 5.26 Å². The first-order valence-electron chi connectivity index (χ1n) is 7.94. The zero-order chi connectivity index (χ0) is 18.7. The lowest BCUT2D eigenvalue weighted by atomic mass is 10.0. The van der Waals surface area contributed by atoms with Crippen molar-refractivity contribution in [3.8, 4) is 17.3 Å². The summed E-state index contributed by atoms with van der Waals surface area (Å²) in [6.45, 7) is 1.96. The Labute approximate surface area is 149 Å². The Morgan fingerprint density at radius 2 is 1.77 bits per heavy atom. The van der Waals surface area contributed by atoms with Gasteiger partial charge in [0.25, 0.3) is 11.2 Å². The van der Waals surface area contributed by atoms with E-state index in [2.05, 4.69) is 0 Å².